The average Bonchev–Trinajstić information content (AvgIpc) is 3.00. The first-order valence-corrected chi connectivity index (χ1v) is 4.78. The summed E-state index contributed by atoms with van der Waals surface area (Å²) in [5, 5.41) is 8.82. The zero-order valence-corrected chi connectivity index (χ0v) is 8.14. The second-order valence-electron chi connectivity index (χ2n) is 3.67. The summed E-state index contributed by atoms with van der Waals surface area (Å²) < 4.78 is 5.35. The Kier molecular flexibility index (Phi) is 2.45. The molecule has 0 aliphatic heterocycles. The van der Waals surface area contributed by atoms with Gasteiger partial charge in [-0.15, -0.1) is 0 Å². The molecule has 5 heteroatoms. The molecule has 80 valence electrons. The van der Waals surface area contributed by atoms with Crippen LogP contribution in [0.25, 0.3) is 0 Å². The normalized spacial score (nSPS) is 14.9. The van der Waals surface area contributed by atoms with Crippen LogP contribution in [-0.2, 0) is 0 Å². The van der Waals surface area contributed by atoms with Crippen LogP contribution >= 0.6 is 0 Å². The highest BCUT2D eigenvalue weighted by molar-refractivity contribution is 5.93. The van der Waals surface area contributed by atoms with E-state index in [4.69, 9.17) is 15.6 Å². The molecule has 1 aliphatic carbocycles. The first kappa shape index (κ1) is 9.76. The largest absolute Gasteiger partial charge is 0.478 e. The van der Waals surface area contributed by atoms with Gasteiger partial charge in [-0.25, -0.2) is 9.78 Å². The van der Waals surface area contributed by atoms with Crippen molar-refractivity contribution in [1.82, 2.24) is 4.98 Å². The summed E-state index contributed by atoms with van der Waals surface area (Å²) in [6, 6.07) is 1.36. The Balaban J connectivity index is 2.10. The average molecular weight is 208 g/mol. The van der Waals surface area contributed by atoms with Crippen molar-refractivity contribution in [2.75, 3.05) is 12.3 Å². The van der Waals surface area contributed by atoms with Crippen LogP contribution in [0.4, 0.5) is 5.69 Å². The lowest BCUT2D eigenvalue weighted by Gasteiger charge is -2.06. The number of hydrogen-bond acceptors (Lipinski definition) is 4. The fourth-order valence-electron chi connectivity index (χ4n) is 1.20. The number of anilines is 1. The van der Waals surface area contributed by atoms with Crippen molar-refractivity contribution in [3.8, 4) is 5.88 Å². The fraction of sp³-hybridized carbons (Fsp3) is 0.400. The number of carbonyl (C=O) groups is 1. The summed E-state index contributed by atoms with van der Waals surface area (Å²) in [6.07, 6.45) is 3.67. The molecule has 2 rings (SSSR count). The van der Waals surface area contributed by atoms with Gasteiger partial charge in [-0.2, -0.15) is 0 Å². The van der Waals surface area contributed by atoms with Crippen molar-refractivity contribution >= 4 is 11.7 Å². The quantitative estimate of drug-likeness (QED) is 0.775. The lowest BCUT2D eigenvalue weighted by molar-refractivity contribution is 0.0697. The Bertz CT molecular complexity index is 388. The second kappa shape index (κ2) is 3.76. The van der Waals surface area contributed by atoms with E-state index in [-0.39, 0.29) is 11.3 Å². The number of hydrogen-bond donors (Lipinski definition) is 2. The SMILES string of the molecule is Nc1cnc(OCC2CC2)cc1C(=O)O. The van der Waals surface area contributed by atoms with Gasteiger partial charge in [0.25, 0.3) is 0 Å². The molecule has 1 saturated carbocycles. The smallest absolute Gasteiger partial charge is 0.338 e. The molecule has 1 aromatic rings. The fourth-order valence-corrected chi connectivity index (χ4v) is 1.20. The van der Waals surface area contributed by atoms with E-state index in [0.29, 0.717) is 18.4 Å². The molecule has 0 atom stereocenters. The molecule has 0 unspecified atom stereocenters. The standard InChI is InChI=1S/C10H12N2O3/c11-8-4-12-9(3-7(8)10(13)14)15-5-6-1-2-6/h3-4,6H,1-2,5,11H2,(H,13,14). The van der Waals surface area contributed by atoms with E-state index in [0.717, 1.165) is 0 Å². The third-order valence-corrected chi connectivity index (χ3v) is 2.30. The minimum atomic E-state index is -1.06. The van der Waals surface area contributed by atoms with Gasteiger partial charge in [-0.3, -0.25) is 0 Å². The maximum absolute atomic E-state index is 10.8. The van der Waals surface area contributed by atoms with Gasteiger partial charge in [0.05, 0.1) is 24.1 Å². The molecule has 0 radical (unpaired) electrons. The molecule has 0 amide bonds. The van der Waals surface area contributed by atoms with Crippen molar-refractivity contribution in [1.29, 1.82) is 0 Å². The monoisotopic (exact) mass is 208 g/mol. The molecule has 0 spiro atoms. The summed E-state index contributed by atoms with van der Waals surface area (Å²) in [6.45, 7) is 0.607. The highest BCUT2D eigenvalue weighted by Gasteiger charge is 2.22. The third-order valence-electron chi connectivity index (χ3n) is 2.30. The molecular formula is C10H12N2O3. The molecule has 0 bridgehead atoms. The number of nitrogens with two attached hydrogens (primary N) is 1. The minimum Gasteiger partial charge on any atom is -0.478 e. The van der Waals surface area contributed by atoms with Crippen molar-refractivity contribution in [2.24, 2.45) is 5.92 Å². The predicted octanol–water partition coefficient (Wildman–Crippen LogP) is 1.15. The Morgan fingerprint density at radius 2 is 2.40 bits per heavy atom. The zero-order chi connectivity index (χ0) is 10.8. The van der Waals surface area contributed by atoms with Gasteiger partial charge in [0.15, 0.2) is 0 Å². The van der Waals surface area contributed by atoms with Crippen molar-refractivity contribution in [3.63, 3.8) is 0 Å². The highest BCUT2D eigenvalue weighted by atomic mass is 16.5. The number of carboxylic acid groups (broad SMARTS) is 1. The first-order chi connectivity index (χ1) is 7.16. The number of nitrogen functional groups attached to an aromatic ring is 1. The van der Waals surface area contributed by atoms with Crippen molar-refractivity contribution in [2.45, 2.75) is 12.8 Å². The number of aromatic nitrogens is 1. The molecular weight excluding hydrogens is 196 g/mol. The Hall–Kier alpha value is -1.78. The van der Waals surface area contributed by atoms with E-state index in [9.17, 15) is 4.79 Å². The minimum absolute atomic E-state index is 0.0378. The maximum Gasteiger partial charge on any atom is 0.338 e. The van der Waals surface area contributed by atoms with Gasteiger partial charge in [-0.1, -0.05) is 0 Å². The van der Waals surface area contributed by atoms with Crippen LogP contribution in [0.2, 0.25) is 0 Å². The highest BCUT2D eigenvalue weighted by Crippen LogP contribution is 2.29. The van der Waals surface area contributed by atoms with Gasteiger partial charge < -0.3 is 15.6 Å². The molecule has 1 aliphatic rings. The lowest BCUT2D eigenvalue weighted by atomic mass is 10.2. The molecule has 5 nitrogen and oxygen atoms in total. The number of aromatic carboxylic acids is 1. The predicted molar refractivity (Wildman–Crippen MR) is 53.8 cm³/mol. The van der Waals surface area contributed by atoms with E-state index < -0.39 is 5.97 Å². The number of pyridine rings is 1. The maximum atomic E-state index is 10.8. The van der Waals surface area contributed by atoms with Gasteiger partial charge in [0.2, 0.25) is 5.88 Å². The van der Waals surface area contributed by atoms with E-state index in [1.807, 2.05) is 0 Å². The summed E-state index contributed by atoms with van der Waals surface area (Å²) in [5.74, 6) is -0.127. The molecule has 1 heterocycles. The second-order valence-corrected chi connectivity index (χ2v) is 3.67. The van der Waals surface area contributed by atoms with Crippen LogP contribution < -0.4 is 10.5 Å². The van der Waals surface area contributed by atoms with E-state index in [1.165, 1.54) is 25.1 Å². The number of nitrogens with zero attached hydrogens (tertiary/aromatic N) is 1. The van der Waals surface area contributed by atoms with Crippen LogP contribution in [-0.4, -0.2) is 22.7 Å². The summed E-state index contributed by atoms with van der Waals surface area (Å²) in [5.41, 5.74) is 5.65. The van der Waals surface area contributed by atoms with E-state index >= 15 is 0 Å². The van der Waals surface area contributed by atoms with Gasteiger partial charge in [0, 0.05) is 6.07 Å². The Morgan fingerprint density at radius 1 is 1.67 bits per heavy atom. The molecule has 0 aromatic carbocycles. The summed E-state index contributed by atoms with van der Waals surface area (Å²) in [4.78, 5) is 14.7. The van der Waals surface area contributed by atoms with Crippen LogP contribution in [0.3, 0.4) is 0 Å². The number of ether oxygens (including phenoxy) is 1. The molecule has 15 heavy (non-hydrogen) atoms. The van der Waals surface area contributed by atoms with Crippen molar-refractivity contribution in [3.05, 3.63) is 17.8 Å². The Labute approximate surface area is 86.9 Å². The topological polar surface area (TPSA) is 85.4 Å². The first-order valence-electron chi connectivity index (χ1n) is 4.78. The van der Waals surface area contributed by atoms with Gasteiger partial charge in [-0.05, 0) is 18.8 Å². The van der Waals surface area contributed by atoms with Crippen LogP contribution in [0.15, 0.2) is 12.3 Å². The number of rotatable bonds is 4. The zero-order valence-electron chi connectivity index (χ0n) is 8.14. The number of carboxylic acids is 1. The molecule has 0 saturated heterocycles. The summed E-state index contributed by atoms with van der Waals surface area (Å²) in [7, 11) is 0. The molecule has 1 fully saturated rings. The van der Waals surface area contributed by atoms with Gasteiger partial charge >= 0.3 is 5.97 Å². The van der Waals surface area contributed by atoms with Gasteiger partial charge in [0.1, 0.15) is 0 Å². The molecule has 3 N–H and O–H groups in total. The summed E-state index contributed by atoms with van der Waals surface area (Å²) >= 11 is 0. The van der Waals surface area contributed by atoms with E-state index in [2.05, 4.69) is 4.98 Å². The Morgan fingerprint density at radius 3 is 3.00 bits per heavy atom. The van der Waals surface area contributed by atoms with E-state index in [1.54, 1.807) is 0 Å². The van der Waals surface area contributed by atoms with Crippen LogP contribution in [0, 0.1) is 5.92 Å². The molecule has 1 aromatic heterocycles. The van der Waals surface area contributed by atoms with Crippen LogP contribution in [0.5, 0.6) is 5.88 Å². The van der Waals surface area contributed by atoms with Crippen LogP contribution in [0.1, 0.15) is 23.2 Å². The third kappa shape index (κ3) is 2.37. The lowest BCUT2D eigenvalue weighted by Crippen LogP contribution is -2.06. The van der Waals surface area contributed by atoms with Crippen molar-refractivity contribution < 1.29 is 14.6 Å².